The Bertz CT molecular complexity index is 646. The van der Waals surface area contributed by atoms with Crippen molar-refractivity contribution in [2.24, 2.45) is 0 Å². The number of nitrogens with zero attached hydrogens (tertiary/aromatic N) is 1. The van der Waals surface area contributed by atoms with Crippen LogP contribution in [-0.4, -0.2) is 16.6 Å². The van der Waals surface area contributed by atoms with Crippen molar-refractivity contribution >= 4 is 40.6 Å². The molecule has 0 atom stereocenters. The molecule has 1 heterocycles. The van der Waals surface area contributed by atoms with Gasteiger partial charge in [0.05, 0.1) is 33.4 Å². The quantitative estimate of drug-likeness (QED) is 0.646. The first-order chi connectivity index (χ1) is 10.1. The van der Waals surface area contributed by atoms with Crippen LogP contribution in [0, 0.1) is 10.1 Å². The molecule has 0 aliphatic rings. The number of thioether (sulfide) groups is 1. The van der Waals surface area contributed by atoms with Gasteiger partial charge < -0.3 is 9.73 Å². The number of non-ortho nitro benzene ring substituents is 1. The highest BCUT2D eigenvalue weighted by molar-refractivity contribution is 7.99. The molecule has 1 N–H and O–H groups in total. The fraction of sp³-hybridized carbons (Fsp3) is 0.154. The molecular weight excluding hydrogens is 316 g/mol. The van der Waals surface area contributed by atoms with Gasteiger partial charge in [0.15, 0.2) is 0 Å². The van der Waals surface area contributed by atoms with E-state index in [1.165, 1.54) is 30.0 Å². The molecule has 0 fully saturated rings. The zero-order chi connectivity index (χ0) is 15.2. The Morgan fingerprint density at radius 2 is 2.24 bits per heavy atom. The lowest BCUT2D eigenvalue weighted by atomic mass is 10.3. The van der Waals surface area contributed by atoms with Gasteiger partial charge in [-0.15, -0.1) is 11.8 Å². The summed E-state index contributed by atoms with van der Waals surface area (Å²) in [6, 6.07) is 7.49. The zero-order valence-electron chi connectivity index (χ0n) is 10.7. The summed E-state index contributed by atoms with van der Waals surface area (Å²) >= 11 is 7.27. The van der Waals surface area contributed by atoms with Gasteiger partial charge in [-0.1, -0.05) is 11.6 Å². The Labute approximate surface area is 129 Å². The topological polar surface area (TPSA) is 85.4 Å². The van der Waals surface area contributed by atoms with Crippen LogP contribution in [-0.2, 0) is 10.5 Å². The first kappa shape index (κ1) is 15.4. The van der Waals surface area contributed by atoms with Crippen LogP contribution in [0.1, 0.15) is 5.76 Å². The Morgan fingerprint density at radius 1 is 1.43 bits per heavy atom. The maximum Gasteiger partial charge on any atom is 0.271 e. The molecule has 0 radical (unpaired) electrons. The molecule has 0 saturated heterocycles. The summed E-state index contributed by atoms with van der Waals surface area (Å²) in [6.45, 7) is 0. The average molecular weight is 327 g/mol. The predicted molar refractivity (Wildman–Crippen MR) is 81.6 cm³/mol. The summed E-state index contributed by atoms with van der Waals surface area (Å²) in [6.07, 6.45) is 1.57. The van der Waals surface area contributed by atoms with Gasteiger partial charge in [-0.3, -0.25) is 14.9 Å². The minimum absolute atomic E-state index is 0.127. The molecule has 2 rings (SSSR count). The van der Waals surface area contributed by atoms with Crippen LogP contribution < -0.4 is 5.32 Å². The summed E-state index contributed by atoms with van der Waals surface area (Å²) in [5, 5.41) is 13.5. The van der Waals surface area contributed by atoms with Crippen LogP contribution in [0.25, 0.3) is 0 Å². The number of amides is 1. The van der Waals surface area contributed by atoms with E-state index in [2.05, 4.69) is 5.32 Å². The summed E-state index contributed by atoms with van der Waals surface area (Å²) in [5.41, 5.74) is 0.104. The second-order valence-corrected chi connectivity index (χ2v) is 5.43. The fourth-order valence-electron chi connectivity index (χ4n) is 1.55. The number of benzene rings is 1. The van der Waals surface area contributed by atoms with Gasteiger partial charge in [-0.2, -0.15) is 0 Å². The van der Waals surface area contributed by atoms with E-state index in [0.29, 0.717) is 5.75 Å². The third-order valence-electron chi connectivity index (χ3n) is 2.49. The van der Waals surface area contributed by atoms with Crippen molar-refractivity contribution in [3.63, 3.8) is 0 Å². The third-order valence-corrected chi connectivity index (χ3v) is 3.78. The number of nitrogens with one attached hydrogen (secondary N) is 1. The second kappa shape index (κ2) is 7.14. The molecule has 6 nitrogen and oxygen atoms in total. The molecule has 0 unspecified atom stereocenters. The Morgan fingerprint density at radius 3 is 2.90 bits per heavy atom. The van der Waals surface area contributed by atoms with Crippen molar-refractivity contribution in [1.29, 1.82) is 0 Å². The molecule has 110 valence electrons. The SMILES string of the molecule is O=C(CSCc1ccco1)Nc1cc([N+](=O)[O-])ccc1Cl. The highest BCUT2D eigenvalue weighted by atomic mass is 35.5. The number of furan rings is 1. The van der Waals surface area contributed by atoms with Gasteiger partial charge in [0.1, 0.15) is 5.76 Å². The van der Waals surface area contributed by atoms with Gasteiger partial charge in [0.25, 0.3) is 5.69 Å². The van der Waals surface area contributed by atoms with E-state index in [0.717, 1.165) is 5.76 Å². The molecule has 1 amide bonds. The van der Waals surface area contributed by atoms with Gasteiger partial charge in [0, 0.05) is 12.1 Å². The Hall–Kier alpha value is -1.99. The minimum atomic E-state index is -0.544. The predicted octanol–water partition coefficient (Wildman–Crippen LogP) is 3.71. The van der Waals surface area contributed by atoms with E-state index in [1.54, 1.807) is 12.3 Å². The van der Waals surface area contributed by atoms with Crippen molar-refractivity contribution in [2.45, 2.75) is 5.75 Å². The minimum Gasteiger partial charge on any atom is -0.468 e. The molecule has 1 aromatic carbocycles. The van der Waals surface area contributed by atoms with E-state index in [4.69, 9.17) is 16.0 Å². The van der Waals surface area contributed by atoms with Crippen LogP contribution in [0.2, 0.25) is 5.02 Å². The van der Waals surface area contributed by atoms with Crippen molar-refractivity contribution in [3.05, 3.63) is 57.5 Å². The lowest BCUT2D eigenvalue weighted by molar-refractivity contribution is -0.384. The smallest absolute Gasteiger partial charge is 0.271 e. The number of halogens is 1. The standard InChI is InChI=1S/C13H11ClN2O4S/c14-11-4-3-9(16(18)19)6-12(11)15-13(17)8-21-7-10-2-1-5-20-10/h1-6H,7-8H2,(H,15,17). The number of nitro groups is 1. The van der Waals surface area contributed by atoms with Crippen LogP contribution in [0.15, 0.2) is 41.0 Å². The highest BCUT2D eigenvalue weighted by Gasteiger charge is 2.12. The molecule has 2 aromatic rings. The monoisotopic (exact) mass is 326 g/mol. The van der Waals surface area contributed by atoms with Crippen LogP contribution in [0.4, 0.5) is 11.4 Å². The largest absolute Gasteiger partial charge is 0.468 e. The maximum absolute atomic E-state index is 11.8. The van der Waals surface area contributed by atoms with Gasteiger partial charge in [-0.05, 0) is 18.2 Å². The first-order valence-electron chi connectivity index (χ1n) is 5.90. The first-order valence-corrected chi connectivity index (χ1v) is 7.43. The summed E-state index contributed by atoms with van der Waals surface area (Å²) in [4.78, 5) is 21.9. The Kier molecular flexibility index (Phi) is 5.24. The summed E-state index contributed by atoms with van der Waals surface area (Å²) in [7, 11) is 0. The van der Waals surface area contributed by atoms with E-state index in [-0.39, 0.29) is 28.1 Å². The lowest BCUT2D eigenvalue weighted by Crippen LogP contribution is -2.14. The molecule has 8 heteroatoms. The number of hydrogen-bond donors (Lipinski definition) is 1. The number of nitro benzene ring substituents is 1. The number of carbonyl (C=O) groups excluding carboxylic acids is 1. The van der Waals surface area contributed by atoms with Crippen molar-refractivity contribution in [2.75, 3.05) is 11.1 Å². The molecule has 0 saturated carbocycles. The van der Waals surface area contributed by atoms with E-state index in [1.807, 2.05) is 6.07 Å². The zero-order valence-corrected chi connectivity index (χ0v) is 12.3. The number of carbonyl (C=O) groups is 1. The van der Waals surface area contributed by atoms with Crippen LogP contribution >= 0.6 is 23.4 Å². The molecule has 1 aromatic heterocycles. The van der Waals surface area contributed by atoms with Crippen molar-refractivity contribution < 1.29 is 14.1 Å². The Balaban J connectivity index is 1.90. The van der Waals surface area contributed by atoms with Gasteiger partial charge in [0.2, 0.25) is 5.91 Å². The summed E-state index contributed by atoms with van der Waals surface area (Å²) < 4.78 is 5.15. The van der Waals surface area contributed by atoms with Crippen LogP contribution in [0.5, 0.6) is 0 Å². The summed E-state index contributed by atoms with van der Waals surface area (Å²) in [5.74, 6) is 1.26. The molecule has 0 bridgehead atoms. The molecule has 21 heavy (non-hydrogen) atoms. The maximum atomic E-state index is 11.8. The number of hydrogen-bond acceptors (Lipinski definition) is 5. The van der Waals surface area contributed by atoms with Crippen LogP contribution in [0.3, 0.4) is 0 Å². The number of anilines is 1. The lowest BCUT2D eigenvalue weighted by Gasteiger charge is -2.06. The molecular formula is C13H11ClN2O4S. The van der Waals surface area contributed by atoms with E-state index >= 15 is 0 Å². The highest BCUT2D eigenvalue weighted by Crippen LogP contribution is 2.26. The van der Waals surface area contributed by atoms with Gasteiger partial charge >= 0.3 is 0 Å². The third kappa shape index (κ3) is 4.51. The van der Waals surface area contributed by atoms with Crippen molar-refractivity contribution in [1.82, 2.24) is 0 Å². The fourth-order valence-corrected chi connectivity index (χ4v) is 2.44. The van der Waals surface area contributed by atoms with Gasteiger partial charge in [-0.25, -0.2) is 0 Å². The average Bonchev–Trinajstić information content (AvgIpc) is 2.94. The molecule has 0 aliphatic carbocycles. The van der Waals surface area contributed by atoms with E-state index in [9.17, 15) is 14.9 Å². The number of rotatable bonds is 6. The van der Waals surface area contributed by atoms with E-state index < -0.39 is 4.92 Å². The molecule has 0 aliphatic heterocycles. The second-order valence-electron chi connectivity index (χ2n) is 4.04. The van der Waals surface area contributed by atoms with Crippen molar-refractivity contribution in [3.8, 4) is 0 Å². The normalized spacial score (nSPS) is 10.3. The molecule has 0 spiro atoms.